The number of hydrogen-bond donors (Lipinski definition) is 1. The number of ether oxygens (including phenoxy) is 1. The van der Waals surface area contributed by atoms with Crippen LogP contribution in [0.1, 0.15) is 51.7 Å². The first-order valence-electron chi connectivity index (χ1n) is 11.6. The predicted octanol–water partition coefficient (Wildman–Crippen LogP) is 5.94. The zero-order valence-corrected chi connectivity index (χ0v) is 19.9. The third-order valence-corrected chi connectivity index (χ3v) is 5.76. The number of carbonyl (C=O) groups excluding carboxylic acids is 1. The Labute approximate surface area is 188 Å². The van der Waals surface area contributed by atoms with Gasteiger partial charge in [0.25, 0.3) is 0 Å². The number of nitrogens with one attached hydrogen (secondary N) is 1. The second-order valence-corrected chi connectivity index (χ2v) is 7.97. The van der Waals surface area contributed by atoms with Gasteiger partial charge in [-0.3, -0.25) is 0 Å². The Hall–Kier alpha value is -2.53. The number of hydrogen-bond acceptors (Lipinski definition) is 3. The van der Waals surface area contributed by atoms with E-state index >= 15 is 0 Å². The summed E-state index contributed by atoms with van der Waals surface area (Å²) in [6.07, 6.45) is 2.04. The molecular formula is C26H39N3O2. The Bertz CT molecular complexity index is 787. The van der Waals surface area contributed by atoms with Gasteiger partial charge < -0.3 is 19.9 Å². The molecule has 170 valence electrons. The first-order valence-corrected chi connectivity index (χ1v) is 11.6. The molecule has 2 rings (SSSR count). The Morgan fingerprint density at radius 3 is 2.32 bits per heavy atom. The molecule has 0 aliphatic heterocycles. The van der Waals surface area contributed by atoms with Gasteiger partial charge in [-0.15, -0.1) is 0 Å². The highest BCUT2D eigenvalue weighted by Crippen LogP contribution is 2.19. The van der Waals surface area contributed by atoms with Gasteiger partial charge in [-0.1, -0.05) is 44.2 Å². The molecule has 1 atom stereocenters. The van der Waals surface area contributed by atoms with Crippen molar-refractivity contribution in [3.05, 3.63) is 59.7 Å². The van der Waals surface area contributed by atoms with Gasteiger partial charge in [0, 0.05) is 18.3 Å². The summed E-state index contributed by atoms with van der Waals surface area (Å²) >= 11 is 0. The number of benzene rings is 2. The fraction of sp³-hybridized carbons (Fsp3) is 0.500. The lowest BCUT2D eigenvalue weighted by Gasteiger charge is -2.30. The van der Waals surface area contributed by atoms with Crippen LogP contribution in [0.2, 0.25) is 0 Å². The van der Waals surface area contributed by atoms with Crippen LogP contribution in [0.25, 0.3) is 0 Å². The van der Waals surface area contributed by atoms with Crippen molar-refractivity contribution < 1.29 is 9.53 Å². The van der Waals surface area contributed by atoms with Gasteiger partial charge in [0.2, 0.25) is 0 Å². The maximum absolute atomic E-state index is 13.3. The molecule has 0 saturated heterocycles. The van der Waals surface area contributed by atoms with E-state index in [2.05, 4.69) is 31.0 Å². The molecule has 0 radical (unpaired) electrons. The van der Waals surface area contributed by atoms with Crippen LogP contribution in [0, 0.1) is 6.92 Å². The minimum Gasteiger partial charge on any atom is -0.494 e. The lowest BCUT2D eigenvalue weighted by Crippen LogP contribution is -2.41. The quantitative estimate of drug-likeness (QED) is 0.458. The van der Waals surface area contributed by atoms with Crippen LogP contribution < -0.4 is 10.1 Å². The van der Waals surface area contributed by atoms with Crippen molar-refractivity contribution in [3.8, 4) is 5.75 Å². The van der Waals surface area contributed by atoms with E-state index < -0.39 is 0 Å². The molecule has 0 bridgehead atoms. The van der Waals surface area contributed by atoms with Gasteiger partial charge in [0.15, 0.2) is 0 Å². The second kappa shape index (κ2) is 13.0. The van der Waals surface area contributed by atoms with Crippen molar-refractivity contribution in [3.63, 3.8) is 0 Å². The number of carbonyl (C=O) groups is 1. The first kappa shape index (κ1) is 24.7. The summed E-state index contributed by atoms with van der Waals surface area (Å²) < 4.78 is 5.55. The van der Waals surface area contributed by atoms with E-state index in [1.807, 2.05) is 67.3 Å². The van der Waals surface area contributed by atoms with Gasteiger partial charge in [0.1, 0.15) is 5.75 Å². The van der Waals surface area contributed by atoms with Crippen molar-refractivity contribution in [2.45, 2.75) is 60.0 Å². The summed E-state index contributed by atoms with van der Waals surface area (Å²) in [5.41, 5.74) is 3.02. The zero-order valence-electron chi connectivity index (χ0n) is 19.9. The van der Waals surface area contributed by atoms with Crippen molar-refractivity contribution in [2.75, 3.05) is 31.6 Å². The number of nitrogens with zero attached hydrogens (tertiary/aromatic N) is 2. The van der Waals surface area contributed by atoms with Crippen LogP contribution in [0.3, 0.4) is 0 Å². The molecule has 2 aromatic carbocycles. The summed E-state index contributed by atoms with van der Waals surface area (Å²) in [7, 11) is 0. The number of rotatable bonds is 12. The maximum Gasteiger partial charge on any atom is 0.322 e. The summed E-state index contributed by atoms with van der Waals surface area (Å²) in [6, 6.07) is 16.0. The molecule has 0 aromatic heterocycles. The van der Waals surface area contributed by atoms with E-state index in [1.165, 1.54) is 0 Å². The normalized spacial score (nSPS) is 11.9. The smallest absolute Gasteiger partial charge is 0.322 e. The van der Waals surface area contributed by atoms with Crippen LogP contribution >= 0.6 is 0 Å². The number of para-hydroxylation sites is 1. The monoisotopic (exact) mass is 425 g/mol. The van der Waals surface area contributed by atoms with Gasteiger partial charge >= 0.3 is 6.03 Å². The lowest BCUT2D eigenvalue weighted by molar-refractivity contribution is 0.181. The molecule has 31 heavy (non-hydrogen) atoms. The van der Waals surface area contributed by atoms with Gasteiger partial charge in [0.05, 0.1) is 6.61 Å². The average Bonchev–Trinajstić information content (AvgIpc) is 2.77. The maximum atomic E-state index is 13.3. The number of anilines is 1. The SMILES string of the molecule is CCOc1ccc(CN(C(=O)Nc2ccccc2C)C(C)CCCN(CC)CC)cc1. The van der Waals surface area contributed by atoms with Crippen LogP contribution in [-0.4, -0.2) is 48.1 Å². The predicted molar refractivity (Wildman–Crippen MR) is 130 cm³/mol. The Kier molecular flexibility index (Phi) is 10.4. The molecule has 0 heterocycles. The summed E-state index contributed by atoms with van der Waals surface area (Å²) in [6.45, 7) is 14.9. The van der Waals surface area contributed by atoms with Crippen molar-refractivity contribution >= 4 is 11.7 Å². The third-order valence-electron chi connectivity index (χ3n) is 5.76. The second-order valence-electron chi connectivity index (χ2n) is 7.97. The molecule has 0 spiro atoms. The standard InChI is InChI=1S/C26H39N3O2/c1-6-28(7-2)19-11-13-22(5)29(20-23-15-17-24(18-16-23)31-8-3)26(30)27-25-14-10-9-12-21(25)4/h9-10,12,14-18,22H,6-8,11,13,19-20H2,1-5H3,(H,27,30). The highest BCUT2D eigenvalue weighted by molar-refractivity contribution is 5.90. The van der Waals surface area contributed by atoms with E-state index in [4.69, 9.17) is 4.74 Å². The highest BCUT2D eigenvalue weighted by atomic mass is 16.5. The molecule has 0 aliphatic carbocycles. The first-order chi connectivity index (χ1) is 15.0. The van der Waals surface area contributed by atoms with E-state index in [9.17, 15) is 4.79 Å². The van der Waals surface area contributed by atoms with E-state index in [0.29, 0.717) is 13.2 Å². The third kappa shape index (κ3) is 7.91. The van der Waals surface area contributed by atoms with Crippen LogP contribution in [0.5, 0.6) is 5.75 Å². The van der Waals surface area contributed by atoms with Crippen LogP contribution in [0.4, 0.5) is 10.5 Å². The molecule has 5 heteroatoms. The lowest BCUT2D eigenvalue weighted by atomic mass is 10.1. The minimum atomic E-state index is -0.0569. The Morgan fingerprint density at radius 1 is 1.03 bits per heavy atom. The fourth-order valence-electron chi connectivity index (χ4n) is 3.69. The topological polar surface area (TPSA) is 44.8 Å². The highest BCUT2D eigenvalue weighted by Gasteiger charge is 2.21. The van der Waals surface area contributed by atoms with Gasteiger partial charge in [-0.2, -0.15) is 0 Å². The van der Waals surface area contributed by atoms with Crippen molar-refractivity contribution in [1.29, 1.82) is 0 Å². The van der Waals surface area contributed by atoms with E-state index in [-0.39, 0.29) is 12.1 Å². The molecule has 5 nitrogen and oxygen atoms in total. The number of urea groups is 1. The Balaban J connectivity index is 2.11. The molecule has 1 N–H and O–H groups in total. The fourth-order valence-corrected chi connectivity index (χ4v) is 3.69. The van der Waals surface area contributed by atoms with Crippen LogP contribution in [-0.2, 0) is 6.54 Å². The number of amides is 2. The van der Waals surface area contributed by atoms with E-state index in [0.717, 1.165) is 55.0 Å². The average molecular weight is 426 g/mol. The minimum absolute atomic E-state index is 0.0569. The molecule has 1 unspecified atom stereocenters. The summed E-state index contributed by atoms with van der Waals surface area (Å²) in [5.74, 6) is 0.856. The molecule has 2 aromatic rings. The van der Waals surface area contributed by atoms with Crippen molar-refractivity contribution in [1.82, 2.24) is 9.80 Å². The molecule has 2 amide bonds. The van der Waals surface area contributed by atoms with Gasteiger partial charge in [-0.25, -0.2) is 4.79 Å². The summed E-state index contributed by atoms with van der Waals surface area (Å²) in [4.78, 5) is 17.6. The molecule has 0 fully saturated rings. The van der Waals surface area contributed by atoms with Gasteiger partial charge in [-0.05, 0) is 82.6 Å². The van der Waals surface area contributed by atoms with Crippen LogP contribution in [0.15, 0.2) is 48.5 Å². The largest absolute Gasteiger partial charge is 0.494 e. The Morgan fingerprint density at radius 2 is 1.71 bits per heavy atom. The zero-order chi connectivity index (χ0) is 22.6. The molecule has 0 aliphatic rings. The molecule has 0 saturated carbocycles. The summed E-state index contributed by atoms with van der Waals surface area (Å²) in [5, 5.41) is 3.12. The van der Waals surface area contributed by atoms with E-state index in [1.54, 1.807) is 0 Å². The number of aryl methyl sites for hydroxylation is 1. The van der Waals surface area contributed by atoms with Crippen molar-refractivity contribution in [2.24, 2.45) is 0 Å². The molecular weight excluding hydrogens is 386 g/mol.